The molecule has 9 N–H and O–H groups in total. The molecule has 4 aromatic carbocycles. The summed E-state index contributed by atoms with van der Waals surface area (Å²) in [4.78, 5) is 10.5. The number of rotatable bonds is 15. The van der Waals surface area contributed by atoms with Gasteiger partial charge in [0, 0.05) is 31.2 Å². The summed E-state index contributed by atoms with van der Waals surface area (Å²) in [6.45, 7) is 4.72. The average Bonchev–Trinajstić information content (AvgIpc) is 3.05. The third-order valence-corrected chi connectivity index (χ3v) is 7.43. The van der Waals surface area contributed by atoms with Crippen LogP contribution in [0.5, 0.6) is 28.7 Å². The van der Waals surface area contributed by atoms with Crippen molar-refractivity contribution in [2.24, 2.45) is 0 Å². The number of aromatic hydroxyl groups is 4. The number of aliphatic hydroxyl groups excluding tert-OH is 2. The van der Waals surface area contributed by atoms with Crippen LogP contribution < -0.4 is 20.7 Å². The Bertz CT molecular complexity index is 1510. The van der Waals surface area contributed by atoms with Crippen molar-refractivity contribution in [3.05, 3.63) is 107 Å². The highest BCUT2D eigenvalue weighted by molar-refractivity contribution is 5.75. The first kappa shape index (κ1) is 36.7. The van der Waals surface area contributed by atoms with Gasteiger partial charge in [-0.05, 0) is 97.5 Å². The number of nitrogens with one attached hydrogen (secondary N) is 3. The summed E-state index contributed by atoms with van der Waals surface area (Å²) in [5.41, 5.74) is 3.62. The SMILES string of the molecule is CC(Cc1ccc(O)cc1)NCC(O)c1cc(O)cc(O)c1.COc1ccc(C[C@@H](C)NC[C@H](O)c2ccc(O)c(NC=O)c2)cc1. The molecule has 0 aliphatic heterocycles. The molecule has 0 spiro atoms. The number of phenolic OH excluding ortho intramolecular Hbond substituents is 4. The molecular weight excluding hydrogens is 602 g/mol. The lowest BCUT2D eigenvalue weighted by molar-refractivity contribution is -0.105. The van der Waals surface area contributed by atoms with Gasteiger partial charge in [0.05, 0.1) is 25.0 Å². The summed E-state index contributed by atoms with van der Waals surface area (Å²) in [6, 6.07) is 23.9. The van der Waals surface area contributed by atoms with Crippen LogP contribution in [0.4, 0.5) is 5.69 Å². The molecule has 0 aromatic heterocycles. The topological polar surface area (TPSA) is 184 Å². The van der Waals surface area contributed by atoms with Gasteiger partial charge in [-0.15, -0.1) is 0 Å². The number of carbonyl (C=O) groups is 1. The number of phenols is 4. The van der Waals surface area contributed by atoms with Crippen molar-refractivity contribution < 1.29 is 40.2 Å². The van der Waals surface area contributed by atoms with Gasteiger partial charge in [-0.1, -0.05) is 30.3 Å². The maximum absolute atomic E-state index is 10.5. The highest BCUT2D eigenvalue weighted by Crippen LogP contribution is 2.27. The highest BCUT2D eigenvalue weighted by atomic mass is 16.5. The van der Waals surface area contributed by atoms with E-state index in [2.05, 4.69) is 16.0 Å². The van der Waals surface area contributed by atoms with Crippen LogP contribution in [-0.2, 0) is 17.6 Å². The van der Waals surface area contributed by atoms with Crippen molar-refractivity contribution in [3.63, 3.8) is 0 Å². The molecule has 2 unspecified atom stereocenters. The largest absolute Gasteiger partial charge is 0.508 e. The van der Waals surface area contributed by atoms with Crippen molar-refractivity contribution in [1.29, 1.82) is 0 Å². The lowest BCUT2D eigenvalue weighted by atomic mass is 10.1. The number of aliphatic hydroxyl groups is 2. The summed E-state index contributed by atoms with van der Waals surface area (Å²) < 4.78 is 5.14. The van der Waals surface area contributed by atoms with E-state index in [1.165, 1.54) is 29.8 Å². The molecule has 11 heteroatoms. The van der Waals surface area contributed by atoms with Crippen LogP contribution in [0.1, 0.15) is 48.3 Å². The highest BCUT2D eigenvalue weighted by Gasteiger charge is 2.14. The molecule has 4 aromatic rings. The molecule has 0 heterocycles. The molecule has 11 nitrogen and oxygen atoms in total. The minimum absolute atomic E-state index is 0.0381. The fraction of sp³-hybridized carbons (Fsp3) is 0.306. The summed E-state index contributed by atoms with van der Waals surface area (Å²) in [6.07, 6.45) is 0.509. The molecular formula is C36H45N3O8. The Labute approximate surface area is 275 Å². The van der Waals surface area contributed by atoms with Crippen molar-refractivity contribution >= 4 is 12.1 Å². The minimum Gasteiger partial charge on any atom is -0.508 e. The van der Waals surface area contributed by atoms with Crippen molar-refractivity contribution in [3.8, 4) is 28.7 Å². The Balaban J connectivity index is 0.000000257. The van der Waals surface area contributed by atoms with Gasteiger partial charge in [-0.25, -0.2) is 0 Å². The summed E-state index contributed by atoms with van der Waals surface area (Å²) in [5.74, 6) is 0.872. The van der Waals surface area contributed by atoms with Crippen molar-refractivity contribution in [2.75, 3.05) is 25.5 Å². The van der Waals surface area contributed by atoms with Gasteiger partial charge in [0.25, 0.3) is 0 Å². The fourth-order valence-corrected chi connectivity index (χ4v) is 4.86. The van der Waals surface area contributed by atoms with Crippen LogP contribution in [0.3, 0.4) is 0 Å². The summed E-state index contributed by atoms with van der Waals surface area (Å²) >= 11 is 0. The Morgan fingerprint density at radius 1 is 0.660 bits per heavy atom. The first-order chi connectivity index (χ1) is 22.5. The second-order valence-electron chi connectivity index (χ2n) is 11.4. The summed E-state index contributed by atoms with van der Waals surface area (Å²) in [5, 5.41) is 67.1. The molecule has 0 aliphatic carbocycles. The maximum Gasteiger partial charge on any atom is 0.211 e. The molecule has 47 heavy (non-hydrogen) atoms. The smallest absolute Gasteiger partial charge is 0.211 e. The first-order valence-corrected chi connectivity index (χ1v) is 15.3. The number of hydrogen-bond acceptors (Lipinski definition) is 10. The van der Waals surface area contributed by atoms with E-state index < -0.39 is 12.2 Å². The van der Waals surface area contributed by atoms with Crippen LogP contribution in [0.25, 0.3) is 0 Å². The van der Waals surface area contributed by atoms with E-state index in [0.29, 0.717) is 30.6 Å². The number of amides is 1. The van der Waals surface area contributed by atoms with E-state index in [-0.39, 0.29) is 40.8 Å². The van der Waals surface area contributed by atoms with Gasteiger partial charge >= 0.3 is 0 Å². The number of anilines is 1. The number of hydrogen-bond donors (Lipinski definition) is 9. The van der Waals surface area contributed by atoms with Crippen LogP contribution >= 0.6 is 0 Å². The molecule has 0 saturated heterocycles. The van der Waals surface area contributed by atoms with Gasteiger partial charge in [-0.3, -0.25) is 4.79 Å². The zero-order valence-corrected chi connectivity index (χ0v) is 26.8. The fourth-order valence-electron chi connectivity index (χ4n) is 4.86. The van der Waals surface area contributed by atoms with Crippen LogP contribution in [0.15, 0.2) is 84.9 Å². The Morgan fingerprint density at radius 3 is 1.68 bits per heavy atom. The molecule has 0 radical (unpaired) electrons. The van der Waals surface area contributed by atoms with E-state index >= 15 is 0 Å². The van der Waals surface area contributed by atoms with Crippen molar-refractivity contribution in [2.45, 2.75) is 51.0 Å². The third kappa shape index (κ3) is 12.5. The lowest BCUT2D eigenvalue weighted by Crippen LogP contribution is -2.32. The number of ether oxygens (including phenoxy) is 1. The Hall–Kier alpha value is -4.81. The van der Waals surface area contributed by atoms with E-state index in [9.17, 15) is 35.4 Å². The van der Waals surface area contributed by atoms with Crippen LogP contribution in [0.2, 0.25) is 0 Å². The van der Waals surface area contributed by atoms with Gasteiger partial charge in [-0.2, -0.15) is 0 Å². The quantitative estimate of drug-likeness (QED) is 0.0667. The number of methoxy groups -OCH3 is 1. The second-order valence-corrected chi connectivity index (χ2v) is 11.4. The van der Waals surface area contributed by atoms with E-state index in [1.54, 1.807) is 31.4 Å². The zero-order chi connectivity index (χ0) is 34.3. The molecule has 252 valence electrons. The van der Waals surface area contributed by atoms with E-state index in [0.717, 1.165) is 24.2 Å². The average molecular weight is 648 g/mol. The molecule has 0 saturated carbocycles. The lowest BCUT2D eigenvalue weighted by Gasteiger charge is -2.18. The molecule has 1 amide bonds. The third-order valence-electron chi connectivity index (χ3n) is 7.43. The minimum atomic E-state index is -0.819. The normalized spacial score (nSPS) is 13.4. The first-order valence-electron chi connectivity index (χ1n) is 15.3. The molecule has 4 rings (SSSR count). The number of benzene rings is 4. The molecule has 4 atom stereocenters. The molecule has 0 aliphatic rings. The molecule has 0 fully saturated rings. The second kappa shape index (κ2) is 18.4. The predicted molar refractivity (Wildman–Crippen MR) is 181 cm³/mol. The Morgan fingerprint density at radius 2 is 1.17 bits per heavy atom. The van der Waals surface area contributed by atoms with Crippen LogP contribution in [0, 0.1) is 0 Å². The monoisotopic (exact) mass is 647 g/mol. The van der Waals surface area contributed by atoms with E-state index in [1.807, 2.05) is 50.2 Å². The molecule has 0 bridgehead atoms. The van der Waals surface area contributed by atoms with E-state index in [4.69, 9.17) is 4.74 Å². The van der Waals surface area contributed by atoms with Crippen molar-refractivity contribution in [1.82, 2.24) is 10.6 Å². The van der Waals surface area contributed by atoms with Gasteiger partial charge in [0.1, 0.15) is 28.7 Å². The summed E-state index contributed by atoms with van der Waals surface area (Å²) in [7, 11) is 1.64. The van der Waals surface area contributed by atoms with Gasteiger partial charge in [0.2, 0.25) is 6.41 Å². The van der Waals surface area contributed by atoms with Gasteiger partial charge < -0.3 is 51.3 Å². The zero-order valence-electron chi connectivity index (χ0n) is 26.8. The standard InChI is InChI=1S/C19H24N2O4.C17H21NO4/c1-13(9-14-3-6-16(25-2)7-4-14)20-11-19(24)15-5-8-18(23)17(10-15)21-12-22;1-11(6-12-2-4-14(19)5-3-12)18-10-17(22)13-7-15(20)9-16(21)8-13/h3-8,10,12-13,19-20,23-24H,9,11H2,1-2H3,(H,21,22);2-5,7-9,11,17-22H,6,10H2,1H3/t13-,19+;/m1./s1. The predicted octanol–water partition coefficient (Wildman–Crippen LogP) is 4.28. The Kier molecular flexibility index (Phi) is 14.3. The maximum atomic E-state index is 10.5. The van der Waals surface area contributed by atoms with Crippen LogP contribution in [-0.4, -0.2) is 69.3 Å². The van der Waals surface area contributed by atoms with Gasteiger partial charge in [0.15, 0.2) is 0 Å². The number of carbonyl (C=O) groups excluding carboxylic acids is 1.